The summed E-state index contributed by atoms with van der Waals surface area (Å²) in [6, 6.07) is 0. The van der Waals surface area contributed by atoms with Crippen LogP contribution in [-0.2, 0) is 19.1 Å². The van der Waals surface area contributed by atoms with E-state index in [-0.39, 0.29) is 31.0 Å². The molecule has 2 N–H and O–H groups in total. The lowest BCUT2D eigenvalue weighted by Gasteiger charge is -2.39. The van der Waals surface area contributed by atoms with Gasteiger partial charge in [0.15, 0.2) is 0 Å². The Hall–Kier alpha value is -1.39. The number of Topliss-reactive ketones (excluding diaryl/α,β-unsaturated/α-hetero) is 1. The molecule has 2 aliphatic rings. The van der Waals surface area contributed by atoms with E-state index in [0.29, 0.717) is 0 Å². The molecule has 1 atom stereocenters. The van der Waals surface area contributed by atoms with Crippen LogP contribution in [0.2, 0.25) is 0 Å². The van der Waals surface area contributed by atoms with Crippen molar-refractivity contribution in [3.05, 3.63) is 0 Å². The predicted octanol–water partition coefficient (Wildman–Crippen LogP) is 0.697. The van der Waals surface area contributed by atoms with Crippen LogP contribution < -0.4 is 5.73 Å². The molecule has 1 unspecified atom stereocenters. The molecule has 2 fully saturated rings. The Morgan fingerprint density at radius 2 is 2.00 bits per heavy atom. The van der Waals surface area contributed by atoms with Gasteiger partial charge in [-0.05, 0) is 18.8 Å². The molecule has 1 saturated heterocycles. The lowest BCUT2D eigenvalue weighted by atomic mass is 9.77. The Kier molecular flexibility index (Phi) is 3.17. The Morgan fingerprint density at radius 3 is 2.53 bits per heavy atom. The van der Waals surface area contributed by atoms with Gasteiger partial charge < -0.3 is 10.5 Å². The zero-order chi connectivity index (χ0) is 12.5. The standard InChI is InChI=1S/C12H17NO4/c13-10(15)7-12(8-3-1-2-4-8)6-9(14)5-11(16)17-12/h8H,1-7H2,(H2,13,15). The third-order valence-corrected chi connectivity index (χ3v) is 3.73. The van der Waals surface area contributed by atoms with Crippen molar-refractivity contribution in [2.24, 2.45) is 11.7 Å². The quantitative estimate of drug-likeness (QED) is 0.580. The number of primary amides is 1. The maximum Gasteiger partial charge on any atom is 0.313 e. The summed E-state index contributed by atoms with van der Waals surface area (Å²) in [6.45, 7) is 0. The number of carbonyl (C=O) groups excluding carboxylic acids is 3. The Bertz CT molecular complexity index is 336. The summed E-state index contributed by atoms with van der Waals surface area (Å²) in [5.41, 5.74) is 4.28. The van der Waals surface area contributed by atoms with E-state index in [2.05, 4.69) is 0 Å². The van der Waals surface area contributed by atoms with Crippen molar-refractivity contribution in [1.82, 2.24) is 0 Å². The SMILES string of the molecule is NC(=O)CC1(C2CCCC2)CC(=O)CC(=O)O1. The smallest absolute Gasteiger partial charge is 0.313 e. The van der Waals surface area contributed by atoms with Gasteiger partial charge in [-0.15, -0.1) is 0 Å². The van der Waals surface area contributed by atoms with Gasteiger partial charge in [-0.2, -0.15) is 0 Å². The second kappa shape index (κ2) is 4.47. The molecule has 1 aliphatic carbocycles. The van der Waals surface area contributed by atoms with Crippen molar-refractivity contribution in [3.8, 4) is 0 Å². The van der Waals surface area contributed by atoms with Crippen molar-refractivity contribution < 1.29 is 19.1 Å². The first-order chi connectivity index (χ1) is 8.02. The molecule has 1 amide bonds. The Balaban J connectivity index is 2.24. The molecule has 1 saturated carbocycles. The van der Waals surface area contributed by atoms with Crippen LogP contribution in [0.4, 0.5) is 0 Å². The van der Waals surface area contributed by atoms with Crippen LogP contribution in [0, 0.1) is 5.92 Å². The fourth-order valence-corrected chi connectivity index (χ4v) is 3.07. The minimum absolute atomic E-state index is 0.0326. The van der Waals surface area contributed by atoms with Gasteiger partial charge in [0, 0.05) is 6.42 Å². The van der Waals surface area contributed by atoms with Crippen LogP contribution in [0.3, 0.4) is 0 Å². The average molecular weight is 239 g/mol. The van der Waals surface area contributed by atoms with E-state index in [1.165, 1.54) is 0 Å². The van der Waals surface area contributed by atoms with E-state index in [0.717, 1.165) is 25.7 Å². The number of ether oxygens (including phenoxy) is 1. The monoisotopic (exact) mass is 239 g/mol. The number of ketones is 1. The molecule has 94 valence electrons. The first-order valence-electron chi connectivity index (χ1n) is 6.04. The number of carbonyl (C=O) groups is 3. The molecule has 0 spiro atoms. The van der Waals surface area contributed by atoms with E-state index in [9.17, 15) is 14.4 Å². The van der Waals surface area contributed by atoms with Gasteiger partial charge in [-0.25, -0.2) is 0 Å². The number of amides is 1. The van der Waals surface area contributed by atoms with Crippen LogP contribution in [0.5, 0.6) is 0 Å². The molecule has 0 aromatic rings. The van der Waals surface area contributed by atoms with Crippen LogP contribution >= 0.6 is 0 Å². The Labute approximate surface area is 99.7 Å². The molecule has 2 rings (SSSR count). The maximum atomic E-state index is 11.6. The molecule has 5 nitrogen and oxygen atoms in total. The van der Waals surface area contributed by atoms with Gasteiger partial charge in [0.25, 0.3) is 0 Å². The fraction of sp³-hybridized carbons (Fsp3) is 0.750. The number of hydrogen-bond donors (Lipinski definition) is 1. The van der Waals surface area contributed by atoms with E-state index in [1.807, 2.05) is 0 Å². The maximum absolute atomic E-state index is 11.6. The fourth-order valence-electron chi connectivity index (χ4n) is 3.07. The number of rotatable bonds is 3. The first-order valence-corrected chi connectivity index (χ1v) is 6.04. The summed E-state index contributed by atoms with van der Waals surface area (Å²) < 4.78 is 5.38. The number of cyclic esters (lactones) is 1. The van der Waals surface area contributed by atoms with Crippen molar-refractivity contribution >= 4 is 17.7 Å². The predicted molar refractivity (Wildman–Crippen MR) is 58.8 cm³/mol. The summed E-state index contributed by atoms with van der Waals surface area (Å²) in [5.74, 6) is -1.08. The zero-order valence-corrected chi connectivity index (χ0v) is 9.74. The third-order valence-electron chi connectivity index (χ3n) is 3.73. The second-order valence-corrected chi connectivity index (χ2v) is 5.06. The highest BCUT2D eigenvalue weighted by atomic mass is 16.6. The van der Waals surface area contributed by atoms with Gasteiger partial charge in [-0.3, -0.25) is 14.4 Å². The van der Waals surface area contributed by atoms with Crippen LogP contribution in [0.25, 0.3) is 0 Å². The van der Waals surface area contributed by atoms with Crippen molar-refractivity contribution in [2.45, 2.75) is 50.5 Å². The highest BCUT2D eigenvalue weighted by molar-refractivity contribution is 5.98. The lowest BCUT2D eigenvalue weighted by Crippen LogP contribution is -2.50. The number of esters is 1. The van der Waals surface area contributed by atoms with E-state index in [1.54, 1.807) is 0 Å². The number of nitrogens with two attached hydrogens (primary N) is 1. The van der Waals surface area contributed by atoms with Crippen molar-refractivity contribution in [2.75, 3.05) is 0 Å². The molecule has 0 bridgehead atoms. The summed E-state index contributed by atoms with van der Waals surface area (Å²) in [7, 11) is 0. The van der Waals surface area contributed by atoms with Crippen LogP contribution in [-0.4, -0.2) is 23.3 Å². The highest BCUT2D eigenvalue weighted by Crippen LogP contribution is 2.43. The molecular formula is C12H17NO4. The summed E-state index contributed by atoms with van der Waals surface area (Å²) >= 11 is 0. The molecular weight excluding hydrogens is 222 g/mol. The van der Waals surface area contributed by atoms with E-state index in [4.69, 9.17) is 10.5 Å². The minimum atomic E-state index is -0.950. The highest BCUT2D eigenvalue weighted by Gasteiger charge is 2.49. The van der Waals surface area contributed by atoms with Crippen molar-refractivity contribution in [3.63, 3.8) is 0 Å². The summed E-state index contributed by atoms with van der Waals surface area (Å²) in [4.78, 5) is 34.2. The largest absolute Gasteiger partial charge is 0.457 e. The van der Waals surface area contributed by atoms with Gasteiger partial charge in [0.1, 0.15) is 17.8 Å². The average Bonchev–Trinajstić information content (AvgIpc) is 2.66. The summed E-state index contributed by atoms with van der Waals surface area (Å²) in [5, 5.41) is 0. The first kappa shape index (κ1) is 12.1. The molecule has 1 heterocycles. The van der Waals surface area contributed by atoms with Crippen LogP contribution in [0.1, 0.15) is 44.9 Å². The van der Waals surface area contributed by atoms with E-state index < -0.39 is 17.5 Å². The van der Waals surface area contributed by atoms with E-state index >= 15 is 0 Å². The van der Waals surface area contributed by atoms with Gasteiger partial charge in [0.2, 0.25) is 5.91 Å². The van der Waals surface area contributed by atoms with Crippen molar-refractivity contribution in [1.29, 1.82) is 0 Å². The second-order valence-electron chi connectivity index (χ2n) is 5.06. The molecule has 0 aromatic heterocycles. The third kappa shape index (κ3) is 2.48. The molecule has 0 radical (unpaired) electrons. The van der Waals surface area contributed by atoms with Gasteiger partial charge in [-0.1, -0.05) is 12.8 Å². The molecule has 1 aliphatic heterocycles. The van der Waals surface area contributed by atoms with Crippen LogP contribution in [0.15, 0.2) is 0 Å². The minimum Gasteiger partial charge on any atom is -0.457 e. The molecule has 0 aromatic carbocycles. The topological polar surface area (TPSA) is 86.5 Å². The molecule has 5 heteroatoms. The lowest BCUT2D eigenvalue weighted by molar-refractivity contribution is -0.179. The Morgan fingerprint density at radius 1 is 1.35 bits per heavy atom. The zero-order valence-electron chi connectivity index (χ0n) is 9.74. The van der Waals surface area contributed by atoms with Gasteiger partial charge in [0.05, 0.1) is 6.42 Å². The normalized spacial score (nSPS) is 30.4. The van der Waals surface area contributed by atoms with Gasteiger partial charge >= 0.3 is 5.97 Å². The molecule has 17 heavy (non-hydrogen) atoms. The summed E-state index contributed by atoms with van der Waals surface area (Å²) in [6.07, 6.45) is 3.84. The number of hydrogen-bond acceptors (Lipinski definition) is 4.